The summed E-state index contributed by atoms with van der Waals surface area (Å²) in [5.41, 5.74) is 1.20. The first kappa shape index (κ1) is 11.9. The van der Waals surface area contributed by atoms with Crippen molar-refractivity contribution >= 4 is 12.4 Å². The van der Waals surface area contributed by atoms with Gasteiger partial charge in [0.15, 0.2) is 0 Å². The molecule has 1 N–H and O–H groups in total. The standard InChI is InChI=1S/C13H16FN.ClH/c14-13-3-1-2-9(6-13)10-4-11-7-15-8-12(11)5-10;/h1-3,6,10-12,15H,4-5,7-8H2;1H/t10?,11-,12+;. The largest absolute Gasteiger partial charge is 0.316 e. The molecule has 1 aliphatic heterocycles. The first-order valence-corrected chi connectivity index (χ1v) is 5.79. The van der Waals surface area contributed by atoms with Crippen molar-refractivity contribution < 1.29 is 4.39 Å². The first-order chi connectivity index (χ1) is 7.33. The van der Waals surface area contributed by atoms with Crippen LogP contribution in [0.15, 0.2) is 24.3 Å². The molecule has 0 radical (unpaired) electrons. The van der Waals surface area contributed by atoms with E-state index in [2.05, 4.69) is 11.4 Å². The molecule has 3 rings (SSSR count). The number of benzene rings is 1. The Morgan fingerprint density at radius 3 is 2.44 bits per heavy atom. The molecular formula is C13H17ClFN. The van der Waals surface area contributed by atoms with Gasteiger partial charge in [-0.1, -0.05) is 12.1 Å². The van der Waals surface area contributed by atoms with E-state index in [4.69, 9.17) is 0 Å². The molecule has 16 heavy (non-hydrogen) atoms. The maximum atomic E-state index is 13.1. The summed E-state index contributed by atoms with van der Waals surface area (Å²) in [7, 11) is 0. The Labute approximate surface area is 102 Å². The van der Waals surface area contributed by atoms with Gasteiger partial charge in [0.25, 0.3) is 0 Å². The van der Waals surface area contributed by atoms with Gasteiger partial charge >= 0.3 is 0 Å². The number of nitrogens with one attached hydrogen (secondary N) is 1. The monoisotopic (exact) mass is 241 g/mol. The minimum atomic E-state index is -0.0947. The number of fused-ring (bicyclic) bond motifs is 1. The van der Waals surface area contributed by atoms with Crippen molar-refractivity contribution in [2.24, 2.45) is 11.8 Å². The van der Waals surface area contributed by atoms with Crippen molar-refractivity contribution in [3.63, 3.8) is 0 Å². The van der Waals surface area contributed by atoms with Crippen molar-refractivity contribution in [3.05, 3.63) is 35.6 Å². The summed E-state index contributed by atoms with van der Waals surface area (Å²) in [6.45, 7) is 2.33. The first-order valence-electron chi connectivity index (χ1n) is 5.79. The number of hydrogen-bond donors (Lipinski definition) is 1. The Bertz CT molecular complexity index is 357. The quantitative estimate of drug-likeness (QED) is 0.797. The van der Waals surface area contributed by atoms with Gasteiger partial charge in [-0.3, -0.25) is 0 Å². The van der Waals surface area contributed by atoms with Crippen molar-refractivity contribution in [1.29, 1.82) is 0 Å². The normalized spacial score (nSPS) is 32.2. The van der Waals surface area contributed by atoms with Gasteiger partial charge < -0.3 is 5.32 Å². The van der Waals surface area contributed by atoms with Gasteiger partial charge in [0.05, 0.1) is 0 Å². The fourth-order valence-corrected chi connectivity index (χ4v) is 3.20. The fraction of sp³-hybridized carbons (Fsp3) is 0.538. The molecule has 1 saturated carbocycles. The molecule has 3 atom stereocenters. The molecule has 1 aromatic rings. The lowest BCUT2D eigenvalue weighted by Crippen LogP contribution is -2.11. The molecule has 2 aliphatic rings. The number of rotatable bonds is 1. The van der Waals surface area contributed by atoms with E-state index < -0.39 is 0 Å². The van der Waals surface area contributed by atoms with Crippen LogP contribution in [0.2, 0.25) is 0 Å². The molecule has 0 bridgehead atoms. The van der Waals surface area contributed by atoms with E-state index in [1.165, 1.54) is 24.5 Å². The van der Waals surface area contributed by atoms with Gasteiger partial charge in [-0.25, -0.2) is 4.39 Å². The zero-order valence-electron chi connectivity index (χ0n) is 9.16. The Morgan fingerprint density at radius 1 is 1.12 bits per heavy atom. The third-order valence-electron chi connectivity index (χ3n) is 3.97. The number of hydrogen-bond acceptors (Lipinski definition) is 1. The van der Waals surface area contributed by atoms with Gasteiger partial charge in [-0.2, -0.15) is 0 Å². The Kier molecular flexibility index (Phi) is 3.50. The third kappa shape index (κ3) is 2.09. The predicted octanol–water partition coefficient (Wildman–Crippen LogP) is 2.96. The van der Waals surface area contributed by atoms with E-state index in [1.54, 1.807) is 6.07 Å². The predicted molar refractivity (Wildman–Crippen MR) is 65.5 cm³/mol. The van der Waals surface area contributed by atoms with Crippen molar-refractivity contribution in [1.82, 2.24) is 5.32 Å². The van der Waals surface area contributed by atoms with Crippen molar-refractivity contribution in [2.45, 2.75) is 18.8 Å². The average Bonchev–Trinajstić information content (AvgIpc) is 2.76. The highest BCUT2D eigenvalue weighted by atomic mass is 35.5. The molecule has 1 unspecified atom stereocenters. The molecule has 3 heteroatoms. The van der Waals surface area contributed by atoms with Gasteiger partial charge in [0.1, 0.15) is 5.82 Å². The topological polar surface area (TPSA) is 12.0 Å². The molecule has 1 aliphatic carbocycles. The van der Waals surface area contributed by atoms with Crippen LogP contribution < -0.4 is 5.32 Å². The Hall–Kier alpha value is -0.600. The molecule has 1 aromatic carbocycles. The number of halogens is 2. The van der Waals surface area contributed by atoms with Gasteiger partial charge in [0, 0.05) is 0 Å². The lowest BCUT2D eigenvalue weighted by atomic mass is 9.96. The van der Waals surface area contributed by atoms with E-state index in [1.807, 2.05) is 6.07 Å². The second-order valence-electron chi connectivity index (χ2n) is 4.90. The van der Waals surface area contributed by atoms with Gasteiger partial charge in [-0.15, -0.1) is 12.4 Å². The van der Waals surface area contributed by atoms with E-state index in [9.17, 15) is 4.39 Å². The molecule has 0 amide bonds. The van der Waals surface area contributed by atoms with Crippen LogP contribution in [0.4, 0.5) is 4.39 Å². The summed E-state index contributed by atoms with van der Waals surface area (Å²) in [5, 5.41) is 3.43. The summed E-state index contributed by atoms with van der Waals surface area (Å²) in [6, 6.07) is 7.14. The van der Waals surface area contributed by atoms with Crippen LogP contribution in [-0.4, -0.2) is 13.1 Å². The van der Waals surface area contributed by atoms with E-state index >= 15 is 0 Å². The van der Waals surface area contributed by atoms with Crippen LogP contribution in [0.3, 0.4) is 0 Å². The summed E-state index contributed by atoms with van der Waals surface area (Å²) in [4.78, 5) is 0. The van der Waals surface area contributed by atoms with E-state index in [0.717, 1.165) is 24.9 Å². The van der Waals surface area contributed by atoms with Crippen LogP contribution in [-0.2, 0) is 0 Å². The van der Waals surface area contributed by atoms with E-state index in [0.29, 0.717) is 5.92 Å². The van der Waals surface area contributed by atoms with E-state index in [-0.39, 0.29) is 18.2 Å². The Morgan fingerprint density at radius 2 is 1.81 bits per heavy atom. The molecule has 2 fully saturated rings. The highest BCUT2D eigenvalue weighted by molar-refractivity contribution is 5.85. The van der Waals surface area contributed by atoms with Crippen molar-refractivity contribution in [2.75, 3.05) is 13.1 Å². The fourth-order valence-electron chi connectivity index (χ4n) is 3.20. The summed E-state index contributed by atoms with van der Waals surface area (Å²) >= 11 is 0. The van der Waals surface area contributed by atoms with Crippen LogP contribution in [0, 0.1) is 17.7 Å². The summed E-state index contributed by atoms with van der Waals surface area (Å²) in [6.07, 6.45) is 2.47. The molecule has 1 heterocycles. The molecular weight excluding hydrogens is 225 g/mol. The maximum Gasteiger partial charge on any atom is 0.123 e. The molecule has 0 aromatic heterocycles. The zero-order valence-corrected chi connectivity index (χ0v) is 9.97. The highest BCUT2D eigenvalue weighted by Crippen LogP contribution is 2.43. The second-order valence-corrected chi connectivity index (χ2v) is 4.90. The molecule has 1 nitrogen and oxygen atoms in total. The van der Waals surface area contributed by atoms with Gasteiger partial charge in [0.2, 0.25) is 0 Å². The lowest BCUT2D eigenvalue weighted by molar-refractivity contribution is 0.494. The second kappa shape index (κ2) is 4.72. The van der Waals surface area contributed by atoms with Crippen molar-refractivity contribution in [3.8, 4) is 0 Å². The maximum absolute atomic E-state index is 13.1. The average molecular weight is 242 g/mol. The lowest BCUT2D eigenvalue weighted by Gasteiger charge is -2.11. The van der Waals surface area contributed by atoms with Crippen LogP contribution in [0.25, 0.3) is 0 Å². The zero-order chi connectivity index (χ0) is 10.3. The molecule has 1 saturated heterocycles. The molecule has 0 spiro atoms. The SMILES string of the molecule is Cl.Fc1cccc(C2C[C@H]3CNC[C@H]3C2)c1. The summed E-state index contributed by atoms with van der Waals surface area (Å²) < 4.78 is 13.1. The third-order valence-corrected chi connectivity index (χ3v) is 3.97. The Balaban J connectivity index is 0.000000963. The minimum Gasteiger partial charge on any atom is -0.316 e. The highest BCUT2D eigenvalue weighted by Gasteiger charge is 2.37. The van der Waals surface area contributed by atoms with Crippen LogP contribution in [0.5, 0.6) is 0 Å². The summed E-state index contributed by atoms with van der Waals surface area (Å²) in [5.74, 6) is 2.16. The molecule has 88 valence electrons. The van der Waals surface area contributed by atoms with Gasteiger partial charge in [-0.05, 0) is 61.4 Å². The smallest absolute Gasteiger partial charge is 0.123 e. The minimum absolute atomic E-state index is 0. The van der Waals surface area contributed by atoms with Crippen LogP contribution >= 0.6 is 12.4 Å². The van der Waals surface area contributed by atoms with Crippen LogP contribution in [0.1, 0.15) is 24.3 Å².